The van der Waals surface area contributed by atoms with Crippen molar-refractivity contribution >= 4 is 11.9 Å². The number of carboxylic acid groups (broad SMARTS) is 1. The largest absolute Gasteiger partial charge is 0.481 e. The molecule has 3 N–H and O–H groups in total. The summed E-state index contributed by atoms with van der Waals surface area (Å²) < 4.78 is 4.74. The number of carboxylic acids is 1. The van der Waals surface area contributed by atoms with E-state index in [0.717, 1.165) is 0 Å². The van der Waals surface area contributed by atoms with Crippen LogP contribution in [0.1, 0.15) is 13.3 Å². The number of hydrogen-bond acceptors (Lipinski definition) is 5. The van der Waals surface area contributed by atoms with E-state index in [1.54, 1.807) is 6.92 Å². The van der Waals surface area contributed by atoms with Gasteiger partial charge in [-0.25, -0.2) is 0 Å². The summed E-state index contributed by atoms with van der Waals surface area (Å²) in [7, 11) is 0. The summed E-state index contributed by atoms with van der Waals surface area (Å²) in [6, 6.07) is 0. The molecule has 1 heterocycles. The van der Waals surface area contributed by atoms with Crippen molar-refractivity contribution in [1.29, 1.82) is 0 Å². The SMILES string of the molecule is CCOC(=O)CNC1(CC(=O)O)CNC1. The van der Waals surface area contributed by atoms with Crippen molar-refractivity contribution in [3.05, 3.63) is 0 Å². The van der Waals surface area contributed by atoms with E-state index in [1.807, 2.05) is 0 Å². The van der Waals surface area contributed by atoms with Crippen LogP contribution in [0.2, 0.25) is 0 Å². The Labute approximate surface area is 88.0 Å². The van der Waals surface area contributed by atoms with Crippen LogP contribution in [-0.2, 0) is 14.3 Å². The fourth-order valence-corrected chi connectivity index (χ4v) is 1.50. The number of aliphatic carboxylic acids is 1. The third-order valence-corrected chi connectivity index (χ3v) is 2.33. The molecule has 6 nitrogen and oxygen atoms in total. The molecular formula is C9H16N2O4. The average Bonchev–Trinajstić information content (AvgIpc) is 2.09. The molecule has 1 saturated heterocycles. The van der Waals surface area contributed by atoms with Crippen LogP contribution in [-0.4, -0.2) is 48.8 Å². The second kappa shape index (κ2) is 5.09. The zero-order valence-electron chi connectivity index (χ0n) is 8.71. The third-order valence-electron chi connectivity index (χ3n) is 2.33. The van der Waals surface area contributed by atoms with Crippen molar-refractivity contribution in [2.45, 2.75) is 18.9 Å². The molecule has 0 amide bonds. The van der Waals surface area contributed by atoms with Gasteiger partial charge in [0.2, 0.25) is 0 Å². The molecule has 0 saturated carbocycles. The second-order valence-electron chi connectivity index (χ2n) is 3.61. The highest BCUT2D eigenvalue weighted by atomic mass is 16.5. The van der Waals surface area contributed by atoms with E-state index < -0.39 is 11.5 Å². The van der Waals surface area contributed by atoms with Gasteiger partial charge in [-0.3, -0.25) is 14.9 Å². The van der Waals surface area contributed by atoms with Crippen LogP contribution in [0.3, 0.4) is 0 Å². The standard InChI is InChI=1S/C9H16N2O4/c1-2-15-8(14)4-11-9(3-7(12)13)5-10-6-9/h10-11H,2-6H2,1H3,(H,12,13). The highest BCUT2D eigenvalue weighted by molar-refractivity contribution is 5.72. The van der Waals surface area contributed by atoms with E-state index in [-0.39, 0.29) is 18.9 Å². The van der Waals surface area contributed by atoms with Gasteiger partial charge in [0.1, 0.15) is 0 Å². The molecule has 15 heavy (non-hydrogen) atoms. The summed E-state index contributed by atoms with van der Waals surface area (Å²) in [5.41, 5.74) is -0.488. The lowest BCUT2D eigenvalue weighted by atomic mass is 9.88. The van der Waals surface area contributed by atoms with E-state index in [4.69, 9.17) is 9.84 Å². The average molecular weight is 216 g/mol. The Morgan fingerprint density at radius 3 is 2.60 bits per heavy atom. The molecule has 86 valence electrons. The van der Waals surface area contributed by atoms with Crippen LogP contribution in [0.15, 0.2) is 0 Å². The predicted molar refractivity (Wildman–Crippen MR) is 52.5 cm³/mol. The zero-order chi connectivity index (χ0) is 11.3. The van der Waals surface area contributed by atoms with Gasteiger partial charge in [-0.15, -0.1) is 0 Å². The van der Waals surface area contributed by atoms with Gasteiger partial charge in [-0.05, 0) is 6.92 Å². The maximum atomic E-state index is 11.1. The lowest BCUT2D eigenvalue weighted by molar-refractivity contribution is -0.144. The number of carbonyl (C=O) groups excluding carboxylic acids is 1. The van der Waals surface area contributed by atoms with Gasteiger partial charge in [0, 0.05) is 13.1 Å². The first-order valence-corrected chi connectivity index (χ1v) is 4.91. The normalized spacial score (nSPS) is 17.9. The first-order valence-electron chi connectivity index (χ1n) is 4.91. The first-order chi connectivity index (χ1) is 7.08. The summed E-state index contributed by atoms with van der Waals surface area (Å²) in [4.78, 5) is 21.7. The lowest BCUT2D eigenvalue weighted by Gasteiger charge is -2.42. The highest BCUT2D eigenvalue weighted by Crippen LogP contribution is 2.15. The van der Waals surface area contributed by atoms with Gasteiger partial charge in [0.25, 0.3) is 0 Å². The van der Waals surface area contributed by atoms with Crippen molar-refractivity contribution in [1.82, 2.24) is 10.6 Å². The molecule has 0 spiro atoms. The Morgan fingerprint density at radius 1 is 1.53 bits per heavy atom. The molecule has 0 radical (unpaired) electrons. The Bertz CT molecular complexity index is 250. The minimum absolute atomic E-state index is 0.0133. The molecule has 1 aliphatic rings. The third kappa shape index (κ3) is 3.49. The number of ether oxygens (including phenoxy) is 1. The van der Waals surface area contributed by atoms with Crippen LogP contribution in [0.5, 0.6) is 0 Å². The predicted octanol–water partition coefficient (Wildman–Crippen LogP) is -1.04. The quantitative estimate of drug-likeness (QED) is 0.491. The van der Waals surface area contributed by atoms with Crippen LogP contribution >= 0.6 is 0 Å². The minimum Gasteiger partial charge on any atom is -0.481 e. The fourth-order valence-electron chi connectivity index (χ4n) is 1.50. The maximum absolute atomic E-state index is 11.1. The Hall–Kier alpha value is -1.14. The number of nitrogens with one attached hydrogen (secondary N) is 2. The molecule has 0 bridgehead atoms. The van der Waals surface area contributed by atoms with Crippen molar-refractivity contribution < 1.29 is 19.4 Å². The van der Waals surface area contributed by atoms with E-state index in [9.17, 15) is 9.59 Å². The Balaban J connectivity index is 2.33. The van der Waals surface area contributed by atoms with Crippen LogP contribution in [0.4, 0.5) is 0 Å². The summed E-state index contributed by atoms with van der Waals surface area (Å²) in [6.07, 6.45) is 0.0133. The minimum atomic E-state index is -0.868. The highest BCUT2D eigenvalue weighted by Gasteiger charge is 2.38. The van der Waals surface area contributed by atoms with Gasteiger partial charge < -0.3 is 15.2 Å². The molecular weight excluding hydrogens is 200 g/mol. The van der Waals surface area contributed by atoms with Gasteiger partial charge in [-0.1, -0.05) is 0 Å². The summed E-state index contributed by atoms with van der Waals surface area (Å²) >= 11 is 0. The second-order valence-corrected chi connectivity index (χ2v) is 3.61. The van der Waals surface area contributed by atoms with Crippen LogP contribution in [0, 0.1) is 0 Å². The molecule has 0 aliphatic carbocycles. The topological polar surface area (TPSA) is 87.7 Å². The monoisotopic (exact) mass is 216 g/mol. The van der Waals surface area contributed by atoms with Crippen LogP contribution in [0.25, 0.3) is 0 Å². The van der Waals surface area contributed by atoms with Crippen molar-refractivity contribution in [3.8, 4) is 0 Å². The molecule has 0 unspecified atom stereocenters. The molecule has 6 heteroatoms. The van der Waals surface area contributed by atoms with Gasteiger partial charge in [-0.2, -0.15) is 0 Å². The smallest absolute Gasteiger partial charge is 0.319 e. The zero-order valence-corrected chi connectivity index (χ0v) is 8.71. The van der Waals surface area contributed by atoms with Gasteiger partial charge in [0.05, 0.1) is 25.1 Å². The number of hydrogen-bond donors (Lipinski definition) is 3. The summed E-state index contributed by atoms with van der Waals surface area (Å²) in [5.74, 6) is -1.22. The fraction of sp³-hybridized carbons (Fsp3) is 0.778. The number of carbonyl (C=O) groups is 2. The van der Waals surface area contributed by atoms with E-state index in [1.165, 1.54) is 0 Å². The maximum Gasteiger partial charge on any atom is 0.319 e. The van der Waals surface area contributed by atoms with E-state index >= 15 is 0 Å². The molecule has 1 fully saturated rings. The molecule has 0 aromatic rings. The molecule has 1 aliphatic heterocycles. The van der Waals surface area contributed by atoms with Crippen molar-refractivity contribution in [2.24, 2.45) is 0 Å². The van der Waals surface area contributed by atoms with Crippen molar-refractivity contribution in [3.63, 3.8) is 0 Å². The lowest BCUT2D eigenvalue weighted by Crippen LogP contribution is -2.69. The van der Waals surface area contributed by atoms with E-state index in [0.29, 0.717) is 19.7 Å². The number of esters is 1. The Morgan fingerprint density at radius 2 is 2.20 bits per heavy atom. The summed E-state index contributed by atoms with van der Waals surface area (Å²) in [5, 5.41) is 14.6. The number of rotatable bonds is 6. The van der Waals surface area contributed by atoms with Gasteiger partial charge >= 0.3 is 11.9 Å². The van der Waals surface area contributed by atoms with Crippen molar-refractivity contribution in [2.75, 3.05) is 26.2 Å². The first kappa shape index (κ1) is 11.9. The van der Waals surface area contributed by atoms with Crippen LogP contribution < -0.4 is 10.6 Å². The molecule has 0 aromatic heterocycles. The molecule has 0 atom stereocenters. The van der Waals surface area contributed by atoms with E-state index in [2.05, 4.69) is 10.6 Å². The Kier molecular flexibility index (Phi) is 4.05. The molecule has 1 rings (SSSR count). The van der Waals surface area contributed by atoms with Gasteiger partial charge in [0.15, 0.2) is 0 Å². The molecule has 0 aromatic carbocycles. The summed E-state index contributed by atoms with van der Waals surface area (Å²) in [6.45, 7) is 3.26.